The molecular formula is C9H7N3O2S. The number of hydrogen-bond acceptors (Lipinski definition) is 5. The van der Waals surface area contributed by atoms with Gasteiger partial charge in [0.25, 0.3) is 5.69 Å². The Hall–Kier alpha value is -1.95. The van der Waals surface area contributed by atoms with E-state index in [1.165, 1.54) is 23.5 Å². The van der Waals surface area contributed by atoms with Gasteiger partial charge in [0.2, 0.25) is 0 Å². The Balaban J connectivity index is 2.54. The van der Waals surface area contributed by atoms with Crippen molar-refractivity contribution < 1.29 is 4.92 Å². The van der Waals surface area contributed by atoms with Crippen LogP contribution >= 0.6 is 11.3 Å². The highest BCUT2D eigenvalue weighted by Gasteiger charge is 2.10. The molecule has 0 aliphatic rings. The zero-order chi connectivity index (χ0) is 10.8. The molecule has 0 saturated heterocycles. The number of rotatable bonds is 2. The van der Waals surface area contributed by atoms with Gasteiger partial charge in [-0.25, -0.2) is 4.98 Å². The van der Waals surface area contributed by atoms with Gasteiger partial charge in [-0.15, -0.1) is 0 Å². The quantitative estimate of drug-likeness (QED) is 0.623. The van der Waals surface area contributed by atoms with E-state index in [2.05, 4.69) is 4.98 Å². The third kappa shape index (κ3) is 1.94. The highest BCUT2D eigenvalue weighted by molar-refractivity contribution is 7.08. The summed E-state index contributed by atoms with van der Waals surface area (Å²) >= 11 is 1.50. The molecule has 0 fully saturated rings. The maximum absolute atomic E-state index is 10.6. The molecule has 0 unspecified atom stereocenters. The molecule has 2 aromatic rings. The van der Waals surface area contributed by atoms with Crippen molar-refractivity contribution in [3.8, 4) is 11.3 Å². The van der Waals surface area contributed by atoms with Crippen molar-refractivity contribution in [2.24, 2.45) is 0 Å². The van der Waals surface area contributed by atoms with Crippen LogP contribution in [0, 0.1) is 10.1 Å². The maximum Gasteiger partial charge on any atom is 0.275 e. The predicted octanol–water partition coefficient (Wildman–Crippen LogP) is 2.30. The average Bonchev–Trinajstić information content (AvgIpc) is 2.69. The molecule has 6 heteroatoms. The van der Waals surface area contributed by atoms with Gasteiger partial charge >= 0.3 is 0 Å². The van der Waals surface area contributed by atoms with Crippen LogP contribution in [0.1, 0.15) is 0 Å². The van der Waals surface area contributed by atoms with E-state index < -0.39 is 4.92 Å². The number of nitro groups is 1. The van der Waals surface area contributed by atoms with Gasteiger partial charge in [-0.1, -0.05) is 0 Å². The van der Waals surface area contributed by atoms with Crippen LogP contribution in [0.15, 0.2) is 29.0 Å². The first kappa shape index (κ1) is 9.60. The van der Waals surface area contributed by atoms with Gasteiger partial charge in [0.05, 0.1) is 16.7 Å². The van der Waals surface area contributed by atoms with Crippen LogP contribution in [0.5, 0.6) is 0 Å². The van der Waals surface area contributed by atoms with E-state index in [0.717, 1.165) is 5.56 Å². The minimum atomic E-state index is -0.478. The molecule has 0 radical (unpaired) electrons. The van der Waals surface area contributed by atoms with E-state index in [4.69, 9.17) is 5.73 Å². The highest BCUT2D eigenvalue weighted by Crippen LogP contribution is 2.25. The number of pyridine rings is 1. The van der Waals surface area contributed by atoms with E-state index in [9.17, 15) is 10.1 Å². The predicted molar refractivity (Wildman–Crippen MR) is 58.6 cm³/mol. The van der Waals surface area contributed by atoms with Gasteiger partial charge in [-0.2, -0.15) is 11.3 Å². The topological polar surface area (TPSA) is 82.0 Å². The molecule has 0 bridgehead atoms. The zero-order valence-corrected chi connectivity index (χ0v) is 8.40. The smallest absolute Gasteiger partial charge is 0.275 e. The van der Waals surface area contributed by atoms with Crippen molar-refractivity contribution in [3.05, 3.63) is 39.1 Å². The van der Waals surface area contributed by atoms with E-state index >= 15 is 0 Å². The van der Waals surface area contributed by atoms with Gasteiger partial charge in [0.15, 0.2) is 0 Å². The minimum Gasteiger partial charge on any atom is -0.383 e. The van der Waals surface area contributed by atoms with Crippen LogP contribution < -0.4 is 5.73 Å². The SMILES string of the molecule is Nc1cc([N+](=O)[O-])cc(-c2ccsc2)n1. The summed E-state index contributed by atoms with van der Waals surface area (Å²) in [5.41, 5.74) is 6.83. The lowest BCUT2D eigenvalue weighted by Crippen LogP contribution is -1.96. The second kappa shape index (κ2) is 3.66. The van der Waals surface area contributed by atoms with Crippen molar-refractivity contribution in [2.75, 3.05) is 5.73 Å². The van der Waals surface area contributed by atoms with Gasteiger partial charge in [-0.3, -0.25) is 10.1 Å². The molecule has 0 atom stereocenters. The van der Waals surface area contributed by atoms with Crippen LogP contribution in [0.2, 0.25) is 0 Å². The molecule has 0 aromatic carbocycles. The summed E-state index contributed by atoms with van der Waals surface area (Å²) in [7, 11) is 0. The van der Waals surface area contributed by atoms with E-state index in [-0.39, 0.29) is 11.5 Å². The summed E-state index contributed by atoms with van der Waals surface area (Å²) in [6.07, 6.45) is 0. The minimum absolute atomic E-state index is 0.0382. The number of nitrogens with two attached hydrogens (primary N) is 1. The molecule has 15 heavy (non-hydrogen) atoms. The summed E-state index contributed by atoms with van der Waals surface area (Å²) in [4.78, 5) is 14.2. The van der Waals surface area contributed by atoms with Crippen LogP contribution in [0.4, 0.5) is 11.5 Å². The van der Waals surface area contributed by atoms with Crippen molar-refractivity contribution in [3.63, 3.8) is 0 Å². The molecule has 0 aliphatic heterocycles. The Morgan fingerprint density at radius 3 is 2.87 bits per heavy atom. The second-order valence-electron chi connectivity index (χ2n) is 2.90. The first-order valence-corrected chi connectivity index (χ1v) is 5.05. The number of hydrogen-bond donors (Lipinski definition) is 1. The fourth-order valence-corrected chi connectivity index (χ4v) is 1.85. The Morgan fingerprint density at radius 1 is 1.47 bits per heavy atom. The molecule has 0 spiro atoms. The number of thiophene rings is 1. The summed E-state index contributed by atoms with van der Waals surface area (Å²) in [5, 5.41) is 14.3. The Kier molecular flexibility index (Phi) is 2.34. The molecule has 2 aromatic heterocycles. The van der Waals surface area contributed by atoms with E-state index in [1.54, 1.807) is 0 Å². The third-order valence-corrected chi connectivity index (χ3v) is 2.54. The summed E-state index contributed by atoms with van der Waals surface area (Å²) in [6, 6.07) is 4.50. The molecule has 2 heterocycles. The number of nitrogen functional groups attached to an aromatic ring is 1. The van der Waals surface area contributed by atoms with Crippen LogP contribution in [-0.2, 0) is 0 Å². The molecule has 5 nitrogen and oxygen atoms in total. The lowest BCUT2D eigenvalue weighted by molar-refractivity contribution is -0.384. The largest absolute Gasteiger partial charge is 0.383 e. The number of aromatic nitrogens is 1. The third-order valence-electron chi connectivity index (χ3n) is 1.86. The lowest BCUT2D eigenvalue weighted by atomic mass is 10.2. The zero-order valence-electron chi connectivity index (χ0n) is 7.58. The van der Waals surface area contributed by atoms with Crippen molar-refractivity contribution in [1.29, 1.82) is 0 Å². The summed E-state index contributed by atoms with van der Waals surface area (Å²) < 4.78 is 0. The van der Waals surface area contributed by atoms with Crippen molar-refractivity contribution >= 4 is 22.8 Å². The van der Waals surface area contributed by atoms with Crippen molar-refractivity contribution in [2.45, 2.75) is 0 Å². The first-order valence-electron chi connectivity index (χ1n) is 4.11. The van der Waals surface area contributed by atoms with Crippen LogP contribution in [-0.4, -0.2) is 9.91 Å². The van der Waals surface area contributed by atoms with Gasteiger partial charge < -0.3 is 5.73 Å². The molecule has 76 valence electrons. The highest BCUT2D eigenvalue weighted by atomic mass is 32.1. The summed E-state index contributed by atoms with van der Waals surface area (Å²) in [5.74, 6) is 0.158. The van der Waals surface area contributed by atoms with Crippen LogP contribution in [0.25, 0.3) is 11.3 Å². The van der Waals surface area contributed by atoms with Gasteiger partial charge in [-0.05, 0) is 11.4 Å². The Morgan fingerprint density at radius 2 is 2.27 bits per heavy atom. The standard InChI is InChI=1S/C9H7N3O2S/c10-9-4-7(12(13)14)3-8(11-9)6-1-2-15-5-6/h1-5H,(H2,10,11). The molecule has 0 aliphatic carbocycles. The lowest BCUT2D eigenvalue weighted by Gasteiger charge is -1.99. The fraction of sp³-hybridized carbons (Fsp3) is 0. The molecule has 0 amide bonds. The van der Waals surface area contributed by atoms with Crippen LogP contribution in [0.3, 0.4) is 0 Å². The average molecular weight is 221 g/mol. The van der Waals surface area contributed by atoms with E-state index in [1.807, 2.05) is 16.8 Å². The first-order chi connectivity index (χ1) is 7.16. The Bertz CT molecular complexity index is 496. The molecule has 2 N–H and O–H groups in total. The Labute approximate surface area is 89.3 Å². The second-order valence-corrected chi connectivity index (χ2v) is 3.68. The van der Waals surface area contributed by atoms with Gasteiger partial charge in [0.1, 0.15) is 5.82 Å². The van der Waals surface area contributed by atoms with E-state index in [0.29, 0.717) is 5.69 Å². The number of nitrogens with zero attached hydrogens (tertiary/aromatic N) is 2. The maximum atomic E-state index is 10.6. The fourth-order valence-electron chi connectivity index (χ4n) is 1.20. The number of anilines is 1. The molecule has 2 rings (SSSR count). The monoisotopic (exact) mass is 221 g/mol. The molecular weight excluding hydrogens is 214 g/mol. The van der Waals surface area contributed by atoms with Crippen molar-refractivity contribution in [1.82, 2.24) is 4.98 Å². The normalized spacial score (nSPS) is 10.1. The van der Waals surface area contributed by atoms with Gasteiger partial charge in [0, 0.05) is 17.0 Å². The summed E-state index contributed by atoms with van der Waals surface area (Å²) in [6.45, 7) is 0. The molecule has 0 saturated carbocycles.